The summed E-state index contributed by atoms with van der Waals surface area (Å²) in [5.74, 6) is -0.0870. The highest BCUT2D eigenvalue weighted by atomic mass is 16.5. The van der Waals surface area contributed by atoms with Gasteiger partial charge in [0.15, 0.2) is 0 Å². The van der Waals surface area contributed by atoms with Crippen LogP contribution >= 0.6 is 0 Å². The SMILES string of the molecule is Cc1ccccc1CN(C)[C@@H]1CCOC1=O. The van der Waals surface area contributed by atoms with Crippen LogP contribution in [0.3, 0.4) is 0 Å². The molecule has 86 valence electrons. The average Bonchev–Trinajstić information content (AvgIpc) is 2.68. The minimum absolute atomic E-state index is 0.0698. The Hall–Kier alpha value is -1.35. The number of benzene rings is 1. The number of esters is 1. The molecule has 0 amide bonds. The van der Waals surface area contributed by atoms with Gasteiger partial charge in [0.1, 0.15) is 6.04 Å². The van der Waals surface area contributed by atoms with Crippen LogP contribution in [0.2, 0.25) is 0 Å². The van der Waals surface area contributed by atoms with Gasteiger partial charge in [-0.15, -0.1) is 0 Å². The largest absolute Gasteiger partial charge is 0.464 e. The fourth-order valence-corrected chi connectivity index (χ4v) is 2.05. The van der Waals surface area contributed by atoms with E-state index in [1.807, 2.05) is 19.2 Å². The lowest BCUT2D eigenvalue weighted by Crippen LogP contribution is -2.34. The van der Waals surface area contributed by atoms with Gasteiger partial charge in [-0.1, -0.05) is 24.3 Å². The minimum atomic E-state index is -0.0870. The average molecular weight is 219 g/mol. The van der Waals surface area contributed by atoms with E-state index in [1.165, 1.54) is 11.1 Å². The highest BCUT2D eigenvalue weighted by molar-refractivity contribution is 5.77. The van der Waals surface area contributed by atoms with Crippen LogP contribution in [0.1, 0.15) is 17.5 Å². The molecule has 0 N–H and O–H groups in total. The van der Waals surface area contributed by atoms with Crippen LogP contribution < -0.4 is 0 Å². The lowest BCUT2D eigenvalue weighted by Gasteiger charge is -2.21. The topological polar surface area (TPSA) is 29.5 Å². The van der Waals surface area contributed by atoms with Crippen molar-refractivity contribution in [2.24, 2.45) is 0 Å². The molecule has 1 aliphatic heterocycles. The summed E-state index contributed by atoms with van der Waals surface area (Å²) in [6.07, 6.45) is 0.807. The smallest absolute Gasteiger partial charge is 0.323 e. The van der Waals surface area contributed by atoms with Gasteiger partial charge >= 0.3 is 5.97 Å². The third-order valence-electron chi connectivity index (χ3n) is 3.12. The molecule has 1 atom stereocenters. The summed E-state index contributed by atoms with van der Waals surface area (Å²) in [5, 5.41) is 0. The van der Waals surface area contributed by atoms with Gasteiger partial charge in [0.25, 0.3) is 0 Å². The number of carbonyl (C=O) groups is 1. The molecule has 0 aliphatic carbocycles. The van der Waals surface area contributed by atoms with E-state index in [-0.39, 0.29) is 12.0 Å². The number of cyclic esters (lactones) is 1. The monoisotopic (exact) mass is 219 g/mol. The molecule has 0 unspecified atom stereocenters. The van der Waals surface area contributed by atoms with Gasteiger partial charge in [-0.05, 0) is 25.1 Å². The highest BCUT2D eigenvalue weighted by Crippen LogP contribution is 2.16. The lowest BCUT2D eigenvalue weighted by molar-refractivity contribution is -0.142. The third-order valence-corrected chi connectivity index (χ3v) is 3.12. The molecular formula is C13H17NO2. The molecule has 1 aromatic carbocycles. The molecule has 0 bridgehead atoms. The van der Waals surface area contributed by atoms with Gasteiger partial charge in [-0.2, -0.15) is 0 Å². The van der Waals surface area contributed by atoms with Crippen LogP contribution in [0.25, 0.3) is 0 Å². The molecule has 1 heterocycles. The second kappa shape index (κ2) is 4.66. The highest BCUT2D eigenvalue weighted by Gasteiger charge is 2.30. The first-order valence-electron chi connectivity index (χ1n) is 5.60. The van der Waals surface area contributed by atoms with Crippen molar-refractivity contribution < 1.29 is 9.53 Å². The van der Waals surface area contributed by atoms with Crippen molar-refractivity contribution in [3.05, 3.63) is 35.4 Å². The van der Waals surface area contributed by atoms with Crippen molar-refractivity contribution in [1.29, 1.82) is 0 Å². The first kappa shape index (κ1) is 11.1. The van der Waals surface area contributed by atoms with E-state index in [2.05, 4.69) is 24.0 Å². The fourth-order valence-electron chi connectivity index (χ4n) is 2.05. The molecule has 1 saturated heterocycles. The van der Waals surface area contributed by atoms with Crippen molar-refractivity contribution in [2.75, 3.05) is 13.7 Å². The first-order valence-corrected chi connectivity index (χ1v) is 5.60. The van der Waals surface area contributed by atoms with Gasteiger partial charge in [0.05, 0.1) is 6.61 Å². The van der Waals surface area contributed by atoms with Crippen LogP contribution in [0.15, 0.2) is 24.3 Å². The summed E-state index contributed by atoms with van der Waals surface area (Å²) < 4.78 is 4.97. The number of hydrogen-bond acceptors (Lipinski definition) is 3. The number of likely N-dealkylation sites (N-methyl/N-ethyl adjacent to an activating group) is 1. The van der Waals surface area contributed by atoms with Gasteiger partial charge in [0.2, 0.25) is 0 Å². The number of ether oxygens (including phenoxy) is 1. The standard InChI is InChI=1S/C13H17NO2/c1-10-5-3-4-6-11(10)9-14(2)12-7-8-16-13(12)15/h3-6,12H,7-9H2,1-2H3/t12-/m1/s1. The Morgan fingerprint density at radius 3 is 2.81 bits per heavy atom. The van der Waals surface area contributed by atoms with Crippen LogP contribution in [0, 0.1) is 6.92 Å². The van der Waals surface area contributed by atoms with Gasteiger partial charge in [0, 0.05) is 13.0 Å². The predicted octanol–water partition coefficient (Wildman–Crippen LogP) is 1.74. The zero-order valence-corrected chi connectivity index (χ0v) is 9.77. The molecule has 0 saturated carbocycles. The molecule has 1 aliphatic rings. The van der Waals surface area contributed by atoms with E-state index in [0.717, 1.165) is 13.0 Å². The molecule has 16 heavy (non-hydrogen) atoms. The Balaban J connectivity index is 2.04. The Morgan fingerprint density at radius 2 is 2.19 bits per heavy atom. The summed E-state index contributed by atoms with van der Waals surface area (Å²) in [6.45, 7) is 3.45. The fraction of sp³-hybridized carbons (Fsp3) is 0.462. The Kier molecular flexibility index (Phi) is 3.25. The zero-order valence-electron chi connectivity index (χ0n) is 9.77. The van der Waals surface area contributed by atoms with E-state index in [1.54, 1.807) is 0 Å². The summed E-state index contributed by atoms with van der Waals surface area (Å²) in [7, 11) is 1.98. The van der Waals surface area contributed by atoms with E-state index in [0.29, 0.717) is 6.61 Å². The summed E-state index contributed by atoms with van der Waals surface area (Å²) in [4.78, 5) is 13.5. The predicted molar refractivity (Wildman–Crippen MR) is 62.0 cm³/mol. The Labute approximate surface area is 96.0 Å². The van der Waals surface area contributed by atoms with Crippen molar-refractivity contribution in [1.82, 2.24) is 4.90 Å². The summed E-state index contributed by atoms with van der Waals surface area (Å²) in [5.41, 5.74) is 2.53. The van der Waals surface area contributed by atoms with E-state index < -0.39 is 0 Å². The number of aryl methyl sites for hydroxylation is 1. The lowest BCUT2D eigenvalue weighted by atomic mass is 10.1. The van der Waals surface area contributed by atoms with Crippen LogP contribution in [-0.2, 0) is 16.1 Å². The number of hydrogen-bond donors (Lipinski definition) is 0. The maximum atomic E-state index is 11.4. The van der Waals surface area contributed by atoms with Gasteiger partial charge in [-0.3, -0.25) is 9.69 Å². The van der Waals surface area contributed by atoms with Crippen LogP contribution in [0.4, 0.5) is 0 Å². The second-order valence-corrected chi connectivity index (χ2v) is 4.31. The maximum Gasteiger partial charge on any atom is 0.323 e. The molecule has 0 spiro atoms. The van der Waals surface area contributed by atoms with Crippen molar-refractivity contribution in [3.63, 3.8) is 0 Å². The van der Waals surface area contributed by atoms with Crippen LogP contribution in [-0.4, -0.2) is 30.6 Å². The van der Waals surface area contributed by atoms with Crippen LogP contribution in [0.5, 0.6) is 0 Å². The number of carbonyl (C=O) groups excluding carboxylic acids is 1. The molecule has 0 aromatic heterocycles. The van der Waals surface area contributed by atoms with E-state index in [4.69, 9.17) is 4.74 Å². The summed E-state index contributed by atoms with van der Waals surface area (Å²) in [6, 6.07) is 8.19. The van der Waals surface area contributed by atoms with Crippen molar-refractivity contribution >= 4 is 5.97 Å². The van der Waals surface area contributed by atoms with E-state index >= 15 is 0 Å². The van der Waals surface area contributed by atoms with Gasteiger partial charge < -0.3 is 4.74 Å². The molecule has 1 fully saturated rings. The third kappa shape index (κ3) is 2.25. The summed E-state index contributed by atoms with van der Waals surface area (Å²) >= 11 is 0. The number of nitrogens with zero attached hydrogens (tertiary/aromatic N) is 1. The molecule has 3 nitrogen and oxygen atoms in total. The molecular weight excluding hydrogens is 202 g/mol. The van der Waals surface area contributed by atoms with Gasteiger partial charge in [-0.25, -0.2) is 0 Å². The maximum absolute atomic E-state index is 11.4. The minimum Gasteiger partial charge on any atom is -0.464 e. The van der Waals surface area contributed by atoms with E-state index in [9.17, 15) is 4.79 Å². The second-order valence-electron chi connectivity index (χ2n) is 4.31. The zero-order chi connectivity index (χ0) is 11.5. The normalized spacial score (nSPS) is 20.2. The molecule has 2 rings (SSSR count). The Morgan fingerprint density at radius 1 is 1.44 bits per heavy atom. The van der Waals surface area contributed by atoms with Crippen molar-refractivity contribution in [2.45, 2.75) is 25.9 Å². The molecule has 1 aromatic rings. The quantitative estimate of drug-likeness (QED) is 0.725. The first-order chi connectivity index (χ1) is 7.68. The molecule has 3 heteroatoms. The Bertz CT molecular complexity index is 389. The number of rotatable bonds is 3. The molecule has 0 radical (unpaired) electrons. The van der Waals surface area contributed by atoms with Crippen molar-refractivity contribution in [3.8, 4) is 0 Å².